The summed E-state index contributed by atoms with van der Waals surface area (Å²) in [6.07, 6.45) is 1.58. The first kappa shape index (κ1) is 20.4. The van der Waals surface area contributed by atoms with Crippen LogP contribution in [0.1, 0.15) is 11.1 Å². The second kappa shape index (κ2) is 8.85. The van der Waals surface area contributed by atoms with Crippen molar-refractivity contribution >= 4 is 55.4 Å². The highest BCUT2D eigenvalue weighted by atomic mass is 79.9. The number of anilines is 1. The topological polar surface area (TPSA) is 58.6 Å². The number of benzene rings is 3. The number of amides is 2. The Hall–Kier alpha value is -2.90. The van der Waals surface area contributed by atoms with Gasteiger partial charge in [0, 0.05) is 14.5 Å². The van der Waals surface area contributed by atoms with Crippen molar-refractivity contribution in [3.05, 3.63) is 98.4 Å². The van der Waals surface area contributed by atoms with E-state index < -0.39 is 5.91 Å². The van der Waals surface area contributed by atoms with Crippen LogP contribution in [0.25, 0.3) is 6.08 Å². The number of halogens is 2. The first-order chi connectivity index (χ1) is 14.5. The Bertz CT molecular complexity index is 1130. The predicted octanol–water partition coefficient (Wildman–Crippen LogP) is 5.25. The van der Waals surface area contributed by atoms with Crippen LogP contribution in [0, 0.1) is 0 Å². The monoisotopic (exact) mass is 526 g/mol. The van der Waals surface area contributed by atoms with Crippen molar-refractivity contribution in [1.82, 2.24) is 5.43 Å². The van der Waals surface area contributed by atoms with E-state index in [1.807, 2.05) is 60.7 Å². The molecule has 1 fully saturated rings. The predicted molar refractivity (Wildman–Crippen MR) is 123 cm³/mol. The van der Waals surface area contributed by atoms with Crippen LogP contribution in [0.5, 0.6) is 5.75 Å². The summed E-state index contributed by atoms with van der Waals surface area (Å²) in [5.74, 6) is -0.115. The van der Waals surface area contributed by atoms with Gasteiger partial charge in [0.15, 0.2) is 0 Å². The third-order valence-corrected chi connectivity index (χ3v) is 5.74. The molecule has 7 heteroatoms. The van der Waals surface area contributed by atoms with Gasteiger partial charge in [0.05, 0.1) is 5.69 Å². The molecule has 30 heavy (non-hydrogen) atoms. The molecule has 0 radical (unpaired) electrons. The van der Waals surface area contributed by atoms with Gasteiger partial charge in [0.1, 0.15) is 17.9 Å². The Morgan fingerprint density at radius 2 is 1.67 bits per heavy atom. The van der Waals surface area contributed by atoms with E-state index in [2.05, 4.69) is 37.3 Å². The van der Waals surface area contributed by atoms with Crippen molar-refractivity contribution in [1.29, 1.82) is 0 Å². The number of rotatable bonds is 5. The van der Waals surface area contributed by atoms with E-state index in [9.17, 15) is 9.59 Å². The number of carbonyl (C=O) groups is 2. The molecule has 0 aliphatic carbocycles. The number of ether oxygens (including phenoxy) is 1. The summed E-state index contributed by atoms with van der Waals surface area (Å²) in [5, 5.41) is 1.25. The standard InChI is InChI=1S/C23H16Br2N2O3/c24-17-9-8-16(21(25)13-17)14-30-19-10-6-15(7-11-19)12-20-22(28)26-27(23(20)29)18-4-2-1-3-5-18/h1-13H,14H2,(H,26,28)/b20-12-. The molecule has 1 saturated heterocycles. The minimum Gasteiger partial charge on any atom is -0.489 e. The van der Waals surface area contributed by atoms with E-state index in [4.69, 9.17) is 4.74 Å². The second-order valence-corrected chi connectivity index (χ2v) is 8.34. The number of hydrogen-bond acceptors (Lipinski definition) is 3. The molecule has 2 amide bonds. The maximum atomic E-state index is 12.6. The SMILES string of the molecule is O=C1NN(c2ccccc2)C(=O)/C1=C\c1ccc(OCc2ccc(Br)cc2Br)cc1. The maximum Gasteiger partial charge on any atom is 0.282 e. The van der Waals surface area contributed by atoms with E-state index >= 15 is 0 Å². The van der Waals surface area contributed by atoms with Crippen LogP contribution in [0.4, 0.5) is 5.69 Å². The molecule has 0 atom stereocenters. The molecule has 150 valence electrons. The van der Waals surface area contributed by atoms with Gasteiger partial charge >= 0.3 is 0 Å². The molecule has 1 aliphatic heterocycles. The number of hydrazine groups is 1. The van der Waals surface area contributed by atoms with Gasteiger partial charge in [-0.3, -0.25) is 15.0 Å². The van der Waals surface area contributed by atoms with Gasteiger partial charge in [-0.2, -0.15) is 0 Å². The summed E-state index contributed by atoms with van der Waals surface area (Å²) in [5.41, 5.74) is 5.06. The maximum absolute atomic E-state index is 12.6. The quantitative estimate of drug-likeness (QED) is 0.364. The summed E-state index contributed by atoms with van der Waals surface area (Å²) in [7, 11) is 0. The third-order valence-electron chi connectivity index (χ3n) is 4.51. The van der Waals surface area contributed by atoms with Crippen molar-refractivity contribution < 1.29 is 14.3 Å². The minimum atomic E-state index is -0.427. The van der Waals surface area contributed by atoms with E-state index in [1.165, 1.54) is 5.01 Å². The first-order valence-corrected chi connectivity index (χ1v) is 10.7. The Labute approximate surface area is 190 Å². The molecule has 1 aliphatic rings. The summed E-state index contributed by atoms with van der Waals surface area (Å²) in [4.78, 5) is 24.9. The Kier molecular flexibility index (Phi) is 6.01. The second-order valence-electron chi connectivity index (χ2n) is 6.57. The average Bonchev–Trinajstić information content (AvgIpc) is 3.03. The van der Waals surface area contributed by atoms with Crippen molar-refractivity contribution in [2.45, 2.75) is 6.61 Å². The van der Waals surface area contributed by atoms with Crippen LogP contribution in [0.2, 0.25) is 0 Å². The van der Waals surface area contributed by atoms with Crippen molar-refractivity contribution in [3.63, 3.8) is 0 Å². The molecular weight excluding hydrogens is 512 g/mol. The van der Waals surface area contributed by atoms with Gasteiger partial charge in [0.25, 0.3) is 11.8 Å². The highest BCUT2D eigenvalue weighted by molar-refractivity contribution is 9.11. The Balaban J connectivity index is 1.45. The summed E-state index contributed by atoms with van der Waals surface area (Å²) >= 11 is 6.95. The minimum absolute atomic E-state index is 0.0892. The van der Waals surface area contributed by atoms with E-state index in [-0.39, 0.29) is 11.5 Å². The lowest BCUT2D eigenvalue weighted by Crippen LogP contribution is -2.35. The van der Waals surface area contributed by atoms with E-state index in [0.29, 0.717) is 18.0 Å². The zero-order valence-electron chi connectivity index (χ0n) is 15.6. The molecule has 0 bridgehead atoms. The van der Waals surface area contributed by atoms with Crippen molar-refractivity contribution in [2.24, 2.45) is 0 Å². The Morgan fingerprint density at radius 1 is 0.933 bits per heavy atom. The van der Waals surface area contributed by atoms with Gasteiger partial charge in [-0.15, -0.1) is 0 Å². The fourth-order valence-electron chi connectivity index (χ4n) is 2.94. The molecule has 0 unspecified atom stereocenters. The number of para-hydroxylation sites is 1. The van der Waals surface area contributed by atoms with Crippen molar-refractivity contribution in [3.8, 4) is 5.75 Å². The summed E-state index contributed by atoms with van der Waals surface area (Å²) in [6.45, 7) is 0.418. The first-order valence-electron chi connectivity index (χ1n) is 9.10. The molecular formula is C23H16Br2N2O3. The average molecular weight is 528 g/mol. The molecule has 3 aromatic carbocycles. The Morgan fingerprint density at radius 3 is 2.37 bits per heavy atom. The highest BCUT2D eigenvalue weighted by Gasteiger charge is 2.34. The molecule has 1 heterocycles. The molecule has 4 rings (SSSR count). The van der Waals surface area contributed by atoms with Gasteiger partial charge in [0.2, 0.25) is 0 Å². The fourth-order valence-corrected chi connectivity index (χ4v) is 4.10. The lowest BCUT2D eigenvalue weighted by atomic mass is 10.1. The molecule has 0 spiro atoms. The number of nitrogens with zero attached hydrogens (tertiary/aromatic N) is 1. The van der Waals surface area contributed by atoms with Crippen molar-refractivity contribution in [2.75, 3.05) is 5.01 Å². The molecule has 0 saturated carbocycles. The number of nitrogens with one attached hydrogen (secondary N) is 1. The fraction of sp³-hybridized carbons (Fsp3) is 0.0435. The van der Waals surface area contributed by atoms with Crippen LogP contribution >= 0.6 is 31.9 Å². The van der Waals surface area contributed by atoms with Crippen LogP contribution in [0.15, 0.2) is 87.3 Å². The normalized spacial score (nSPS) is 14.9. The highest BCUT2D eigenvalue weighted by Crippen LogP contribution is 2.25. The zero-order chi connectivity index (χ0) is 21.1. The van der Waals surface area contributed by atoms with Crippen LogP contribution in [-0.2, 0) is 16.2 Å². The molecule has 3 aromatic rings. The van der Waals surface area contributed by atoms with Gasteiger partial charge in [-0.25, -0.2) is 5.01 Å². The smallest absolute Gasteiger partial charge is 0.282 e. The number of carbonyl (C=O) groups excluding carboxylic acids is 2. The summed E-state index contributed by atoms with van der Waals surface area (Å²) < 4.78 is 7.79. The number of hydrogen-bond donors (Lipinski definition) is 1. The van der Waals surface area contributed by atoms with E-state index in [1.54, 1.807) is 18.2 Å². The van der Waals surface area contributed by atoms with Crippen LogP contribution in [-0.4, -0.2) is 11.8 Å². The third kappa shape index (κ3) is 4.47. The zero-order valence-corrected chi connectivity index (χ0v) is 18.8. The largest absolute Gasteiger partial charge is 0.489 e. The van der Waals surface area contributed by atoms with E-state index in [0.717, 1.165) is 20.1 Å². The molecule has 5 nitrogen and oxygen atoms in total. The molecule has 0 aromatic heterocycles. The van der Waals surface area contributed by atoms with Gasteiger partial charge in [-0.1, -0.05) is 68.3 Å². The lowest BCUT2D eigenvalue weighted by molar-refractivity contribution is -0.117. The van der Waals surface area contributed by atoms with Gasteiger partial charge in [-0.05, 0) is 48.0 Å². The molecule has 1 N–H and O–H groups in total. The van der Waals surface area contributed by atoms with Crippen LogP contribution < -0.4 is 15.2 Å². The lowest BCUT2D eigenvalue weighted by Gasteiger charge is -2.13. The summed E-state index contributed by atoms with van der Waals surface area (Å²) in [6, 6.07) is 22.1. The van der Waals surface area contributed by atoms with Gasteiger partial charge < -0.3 is 4.74 Å². The van der Waals surface area contributed by atoms with Crippen LogP contribution in [0.3, 0.4) is 0 Å².